The summed E-state index contributed by atoms with van der Waals surface area (Å²) in [5, 5.41) is 16.2. The number of benzene rings is 1. The lowest BCUT2D eigenvalue weighted by Gasteiger charge is -2.10. The number of rotatable bonds is 5. The Morgan fingerprint density at radius 3 is 2.75 bits per heavy atom. The van der Waals surface area contributed by atoms with Gasteiger partial charge in [-0.1, -0.05) is 17.3 Å². The standard InChI is InChI=1S/C19H15N5O4/c1-10(21-18(25)17-22-12-6-2-3-7-13(12)23-17)16-14(19(26)27)15(24-28-16)11-5-4-8-20-9-11/h2-10H,1H3,(H,21,25)(H,22,23)(H,26,27). The van der Waals surface area contributed by atoms with E-state index in [1.54, 1.807) is 31.3 Å². The van der Waals surface area contributed by atoms with Crippen molar-refractivity contribution >= 4 is 22.9 Å². The SMILES string of the molecule is CC(NC(=O)c1nc2ccccc2[nH]1)c1onc(-c2cccnc2)c1C(=O)O. The van der Waals surface area contributed by atoms with Crippen LogP contribution in [0.25, 0.3) is 22.3 Å². The van der Waals surface area contributed by atoms with Crippen LogP contribution in [0.1, 0.15) is 39.7 Å². The third-order valence-corrected chi connectivity index (χ3v) is 4.21. The lowest BCUT2D eigenvalue weighted by atomic mass is 10.0. The zero-order valence-electron chi connectivity index (χ0n) is 14.7. The molecular weight excluding hydrogens is 362 g/mol. The molecule has 0 radical (unpaired) electrons. The number of fused-ring (bicyclic) bond motifs is 1. The Bertz CT molecular complexity index is 1130. The van der Waals surface area contributed by atoms with Crippen molar-refractivity contribution in [1.82, 2.24) is 25.4 Å². The van der Waals surface area contributed by atoms with Crippen molar-refractivity contribution in [2.24, 2.45) is 0 Å². The molecule has 1 unspecified atom stereocenters. The van der Waals surface area contributed by atoms with E-state index >= 15 is 0 Å². The molecule has 1 atom stereocenters. The molecule has 28 heavy (non-hydrogen) atoms. The van der Waals surface area contributed by atoms with E-state index in [0.29, 0.717) is 11.1 Å². The summed E-state index contributed by atoms with van der Waals surface area (Å²) in [7, 11) is 0. The number of aromatic amines is 1. The van der Waals surface area contributed by atoms with E-state index in [1.165, 1.54) is 6.20 Å². The van der Waals surface area contributed by atoms with Crippen LogP contribution in [0, 0.1) is 0 Å². The predicted octanol–water partition coefficient (Wildman–Crippen LogP) is 2.80. The van der Waals surface area contributed by atoms with Gasteiger partial charge in [0.15, 0.2) is 11.6 Å². The minimum atomic E-state index is -1.21. The first kappa shape index (κ1) is 17.4. The summed E-state index contributed by atoms with van der Waals surface area (Å²) in [6, 6.07) is 9.84. The highest BCUT2D eigenvalue weighted by Crippen LogP contribution is 2.28. The number of hydrogen-bond donors (Lipinski definition) is 3. The van der Waals surface area contributed by atoms with Gasteiger partial charge in [-0.25, -0.2) is 9.78 Å². The van der Waals surface area contributed by atoms with E-state index < -0.39 is 17.9 Å². The molecule has 9 nitrogen and oxygen atoms in total. The largest absolute Gasteiger partial charge is 0.477 e. The number of carboxylic acids is 1. The van der Waals surface area contributed by atoms with Gasteiger partial charge in [0.25, 0.3) is 5.91 Å². The molecule has 0 aliphatic rings. The van der Waals surface area contributed by atoms with Gasteiger partial charge < -0.3 is 19.9 Å². The molecular formula is C19H15N5O4. The van der Waals surface area contributed by atoms with Gasteiger partial charge >= 0.3 is 5.97 Å². The molecule has 0 saturated carbocycles. The highest BCUT2D eigenvalue weighted by molar-refractivity contribution is 5.97. The maximum atomic E-state index is 12.5. The van der Waals surface area contributed by atoms with Crippen molar-refractivity contribution in [1.29, 1.82) is 0 Å². The maximum absolute atomic E-state index is 12.5. The quantitative estimate of drug-likeness (QED) is 0.487. The summed E-state index contributed by atoms with van der Waals surface area (Å²) < 4.78 is 5.27. The van der Waals surface area contributed by atoms with Crippen molar-refractivity contribution in [2.75, 3.05) is 0 Å². The van der Waals surface area contributed by atoms with Gasteiger partial charge in [-0.2, -0.15) is 0 Å². The predicted molar refractivity (Wildman–Crippen MR) is 98.7 cm³/mol. The second-order valence-corrected chi connectivity index (χ2v) is 6.11. The summed E-state index contributed by atoms with van der Waals surface area (Å²) in [6.45, 7) is 1.61. The number of pyridine rings is 1. The average Bonchev–Trinajstić information content (AvgIpc) is 3.33. The van der Waals surface area contributed by atoms with Crippen molar-refractivity contribution in [2.45, 2.75) is 13.0 Å². The average molecular weight is 377 g/mol. The van der Waals surface area contributed by atoms with Crippen LogP contribution < -0.4 is 5.32 Å². The van der Waals surface area contributed by atoms with Crippen molar-refractivity contribution in [3.8, 4) is 11.3 Å². The second-order valence-electron chi connectivity index (χ2n) is 6.11. The topological polar surface area (TPSA) is 134 Å². The number of amides is 1. The van der Waals surface area contributed by atoms with Gasteiger partial charge in [0, 0.05) is 18.0 Å². The first-order valence-electron chi connectivity index (χ1n) is 8.43. The highest BCUT2D eigenvalue weighted by Gasteiger charge is 2.28. The van der Waals surface area contributed by atoms with E-state index in [2.05, 4.69) is 25.4 Å². The molecule has 4 aromatic rings. The lowest BCUT2D eigenvalue weighted by molar-refractivity contribution is 0.0692. The smallest absolute Gasteiger partial charge is 0.341 e. The Morgan fingerprint density at radius 2 is 2.04 bits per heavy atom. The molecule has 0 bridgehead atoms. The molecule has 9 heteroatoms. The van der Waals surface area contributed by atoms with Gasteiger partial charge in [-0.3, -0.25) is 9.78 Å². The van der Waals surface area contributed by atoms with Crippen LogP contribution in [0.2, 0.25) is 0 Å². The molecule has 140 valence electrons. The van der Waals surface area contributed by atoms with Gasteiger partial charge in [-0.15, -0.1) is 0 Å². The number of aromatic carboxylic acids is 1. The Hall–Kier alpha value is -4.01. The zero-order valence-corrected chi connectivity index (χ0v) is 14.7. The molecule has 3 heterocycles. The van der Waals surface area contributed by atoms with Gasteiger partial charge in [-0.05, 0) is 31.2 Å². The number of H-pyrrole nitrogens is 1. The first-order chi connectivity index (χ1) is 13.5. The molecule has 0 saturated heterocycles. The first-order valence-corrected chi connectivity index (χ1v) is 8.43. The number of carbonyl (C=O) groups is 2. The third kappa shape index (κ3) is 3.09. The zero-order chi connectivity index (χ0) is 19.7. The summed E-state index contributed by atoms with van der Waals surface area (Å²) in [4.78, 5) is 35.5. The van der Waals surface area contributed by atoms with E-state index in [0.717, 1.165) is 5.52 Å². The molecule has 0 aliphatic heterocycles. The number of aromatic nitrogens is 4. The summed E-state index contributed by atoms with van der Waals surface area (Å²) >= 11 is 0. The van der Waals surface area contributed by atoms with E-state index in [-0.39, 0.29) is 22.8 Å². The summed E-state index contributed by atoms with van der Waals surface area (Å²) in [5.41, 5.74) is 1.92. The molecule has 1 amide bonds. The Balaban J connectivity index is 1.62. The highest BCUT2D eigenvalue weighted by atomic mass is 16.5. The second kappa shape index (κ2) is 6.95. The lowest BCUT2D eigenvalue weighted by Crippen LogP contribution is -2.28. The van der Waals surface area contributed by atoms with Crippen molar-refractivity contribution in [3.05, 3.63) is 65.9 Å². The van der Waals surface area contributed by atoms with Gasteiger partial charge in [0.2, 0.25) is 0 Å². The normalized spacial score (nSPS) is 12.0. The van der Waals surface area contributed by atoms with Gasteiger partial charge in [0.1, 0.15) is 11.3 Å². The maximum Gasteiger partial charge on any atom is 0.341 e. The number of nitrogens with one attached hydrogen (secondary N) is 2. The minimum Gasteiger partial charge on any atom is -0.477 e. The number of nitrogens with zero attached hydrogens (tertiary/aromatic N) is 3. The number of imidazole rings is 1. The van der Waals surface area contributed by atoms with Crippen LogP contribution in [0.5, 0.6) is 0 Å². The molecule has 3 N–H and O–H groups in total. The van der Waals surface area contributed by atoms with Crippen LogP contribution in [-0.4, -0.2) is 37.1 Å². The van der Waals surface area contributed by atoms with Gasteiger partial charge in [0.05, 0.1) is 17.1 Å². The van der Waals surface area contributed by atoms with E-state index in [4.69, 9.17) is 4.52 Å². The molecule has 0 aliphatic carbocycles. The van der Waals surface area contributed by atoms with Crippen LogP contribution in [0.15, 0.2) is 53.3 Å². The van der Waals surface area contributed by atoms with Crippen LogP contribution in [0.4, 0.5) is 0 Å². The molecule has 4 rings (SSSR count). The summed E-state index contributed by atoms with van der Waals surface area (Å²) in [6.07, 6.45) is 3.06. The Kier molecular flexibility index (Phi) is 4.32. The molecule has 3 aromatic heterocycles. The van der Waals surface area contributed by atoms with Crippen LogP contribution in [0.3, 0.4) is 0 Å². The minimum absolute atomic E-state index is 0.0378. The van der Waals surface area contributed by atoms with Crippen LogP contribution >= 0.6 is 0 Å². The third-order valence-electron chi connectivity index (χ3n) is 4.21. The number of para-hydroxylation sites is 2. The number of carbonyl (C=O) groups excluding carboxylic acids is 1. The fourth-order valence-corrected chi connectivity index (χ4v) is 2.90. The monoisotopic (exact) mass is 377 g/mol. The molecule has 0 spiro atoms. The fourth-order valence-electron chi connectivity index (χ4n) is 2.90. The van der Waals surface area contributed by atoms with Crippen LogP contribution in [-0.2, 0) is 0 Å². The fraction of sp³-hybridized carbons (Fsp3) is 0.105. The van der Waals surface area contributed by atoms with E-state index in [9.17, 15) is 14.7 Å². The Labute approximate surface area is 158 Å². The molecule has 0 fully saturated rings. The van der Waals surface area contributed by atoms with Crippen molar-refractivity contribution < 1.29 is 19.2 Å². The molecule has 1 aromatic carbocycles. The Morgan fingerprint density at radius 1 is 1.21 bits per heavy atom. The summed E-state index contributed by atoms with van der Waals surface area (Å²) in [5.74, 6) is -1.54. The van der Waals surface area contributed by atoms with Crippen molar-refractivity contribution in [3.63, 3.8) is 0 Å². The number of hydrogen-bond acceptors (Lipinski definition) is 6. The van der Waals surface area contributed by atoms with E-state index in [1.807, 2.05) is 18.2 Å². The number of carboxylic acid groups (broad SMARTS) is 1.